The van der Waals surface area contributed by atoms with E-state index in [1.54, 1.807) is 31.2 Å². The molecule has 5 heteroatoms. The number of aromatic hydroxyl groups is 1. The van der Waals surface area contributed by atoms with Gasteiger partial charge in [0, 0.05) is 0 Å². The third-order valence-corrected chi connectivity index (χ3v) is 3.26. The Kier molecular flexibility index (Phi) is 4.42. The van der Waals surface area contributed by atoms with Crippen LogP contribution in [0.2, 0.25) is 0 Å². The Morgan fingerprint density at radius 1 is 1.14 bits per heavy atom. The van der Waals surface area contributed by atoms with E-state index in [9.17, 15) is 14.7 Å². The van der Waals surface area contributed by atoms with Crippen LogP contribution < -0.4 is 0 Å². The molecule has 1 atom stereocenters. The number of rotatable bonds is 4. The first-order valence-electron chi connectivity index (χ1n) is 6.47. The van der Waals surface area contributed by atoms with Crippen LogP contribution in [0.15, 0.2) is 36.4 Å². The lowest BCUT2D eigenvalue weighted by atomic mass is 9.98. The number of phenols is 1. The highest BCUT2D eigenvalue weighted by atomic mass is 16.6. The monoisotopic (exact) mass is 288 g/mol. The van der Waals surface area contributed by atoms with Gasteiger partial charge in [-0.1, -0.05) is 24.3 Å². The van der Waals surface area contributed by atoms with Gasteiger partial charge in [-0.3, -0.25) is 4.79 Å². The number of hydrogen-bond acceptors (Lipinski definition) is 5. The lowest BCUT2D eigenvalue weighted by molar-refractivity contribution is -0.157. The second-order valence-electron chi connectivity index (χ2n) is 4.70. The number of ether oxygens (including phenoxy) is 2. The van der Waals surface area contributed by atoms with E-state index in [4.69, 9.17) is 4.74 Å². The molecule has 2 aromatic carbocycles. The van der Waals surface area contributed by atoms with Gasteiger partial charge in [0.2, 0.25) is 0 Å². The van der Waals surface area contributed by atoms with Crippen molar-refractivity contribution in [2.45, 2.75) is 12.8 Å². The number of fused-ring (bicyclic) bond motifs is 1. The summed E-state index contributed by atoms with van der Waals surface area (Å²) in [5.41, 5.74) is 0.781. The standard InChI is InChI=1S/C16H16O5/c1-10(16(19)21-9-15(18)20-2)11-3-4-13-8-14(17)6-5-12(13)7-11/h3-8,10,17H,9H2,1-2H3. The molecule has 0 spiro atoms. The van der Waals surface area contributed by atoms with Crippen molar-refractivity contribution in [3.63, 3.8) is 0 Å². The van der Waals surface area contributed by atoms with Crippen molar-refractivity contribution in [3.05, 3.63) is 42.0 Å². The summed E-state index contributed by atoms with van der Waals surface area (Å²) < 4.78 is 9.30. The number of methoxy groups -OCH3 is 1. The Bertz CT molecular complexity index is 677. The summed E-state index contributed by atoms with van der Waals surface area (Å²) in [5.74, 6) is -1.38. The van der Waals surface area contributed by atoms with Crippen molar-refractivity contribution in [2.75, 3.05) is 13.7 Å². The average Bonchev–Trinajstić information content (AvgIpc) is 2.50. The molecular formula is C16H16O5. The first-order chi connectivity index (χ1) is 10.0. The first-order valence-corrected chi connectivity index (χ1v) is 6.47. The van der Waals surface area contributed by atoms with Crippen LogP contribution >= 0.6 is 0 Å². The van der Waals surface area contributed by atoms with Gasteiger partial charge in [0.25, 0.3) is 0 Å². The van der Waals surface area contributed by atoms with Crippen LogP contribution in [-0.4, -0.2) is 30.8 Å². The number of carbonyl (C=O) groups is 2. The molecule has 2 aromatic rings. The first kappa shape index (κ1) is 14.8. The van der Waals surface area contributed by atoms with Gasteiger partial charge < -0.3 is 14.6 Å². The number of esters is 2. The Labute approximate surface area is 122 Å². The lowest BCUT2D eigenvalue weighted by Crippen LogP contribution is -2.19. The summed E-state index contributed by atoms with van der Waals surface area (Å²) in [6.45, 7) is 1.32. The van der Waals surface area contributed by atoms with E-state index in [1.165, 1.54) is 7.11 Å². The van der Waals surface area contributed by atoms with Crippen molar-refractivity contribution in [3.8, 4) is 5.75 Å². The van der Waals surface area contributed by atoms with Crippen LogP contribution in [-0.2, 0) is 19.1 Å². The summed E-state index contributed by atoms with van der Waals surface area (Å²) >= 11 is 0. The van der Waals surface area contributed by atoms with Gasteiger partial charge in [-0.2, -0.15) is 0 Å². The van der Waals surface area contributed by atoms with Gasteiger partial charge in [0.05, 0.1) is 13.0 Å². The summed E-state index contributed by atoms with van der Waals surface area (Å²) in [4.78, 5) is 22.8. The Morgan fingerprint density at radius 3 is 2.52 bits per heavy atom. The topological polar surface area (TPSA) is 72.8 Å². The van der Waals surface area contributed by atoms with Crippen LogP contribution in [0, 0.1) is 0 Å². The highest BCUT2D eigenvalue weighted by Gasteiger charge is 2.18. The highest BCUT2D eigenvalue weighted by Crippen LogP contribution is 2.25. The molecule has 0 fully saturated rings. The molecule has 0 saturated heterocycles. The second kappa shape index (κ2) is 6.26. The van der Waals surface area contributed by atoms with Gasteiger partial charge in [-0.25, -0.2) is 4.79 Å². The fraction of sp³-hybridized carbons (Fsp3) is 0.250. The zero-order chi connectivity index (χ0) is 15.4. The van der Waals surface area contributed by atoms with Crippen LogP contribution in [0.25, 0.3) is 10.8 Å². The molecule has 0 aliphatic rings. The molecule has 0 radical (unpaired) electrons. The molecule has 0 aromatic heterocycles. The Hall–Kier alpha value is -2.56. The molecule has 110 valence electrons. The van der Waals surface area contributed by atoms with Crippen molar-refractivity contribution in [1.29, 1.82) is 0 Å². The third kappa shape index (κ3) is 3.51. The Balaban J connectivity index is 2.15. The van der Waals surface area contributed by atoms with Crippen LogP contribution in [0.3, 0.4) is 0 Å². The summed E-state index contributed by atoms with van der Waals surface area (Å²) in [6, 6.07) is 10.5. The second-order valence-corrected chi connectivity index (χ2v) is 4.70. The summed E-state index contributed by atoms with van der Waals surface area (Å²) in [5, 5.41) is 11.2. The predicted octanol–water partition coefficient (Wildman–Crippen LogP) is 2.37. The minimum atomic E-state index is -0.593. The highest BCUT2D eigenvalue weighted by molar-refractivity contribution is 5.87. The molecule has 5 nitrogen and oxygen atoms in total. The molecular weight excluding hydrogens is 272 g/mol. The van der Waals surface area contributed by atoms with Crippen LogP contribution in [0.1, 0.15) is 18.4 Å². The fourth-order valence-electron chi connectivity index (χ4n) is 1.97. The molecule has 0 saturated carbocycles. The molecule has 21 heavy (non-hydrogen) atoms. The lowest BCUT2D eigenvalue weighted by Gasteiger charge is -2.12. The zero-order valence-corrected chi connectivity index (χ0v) is 11.8. The zero-order valence-electron chi connectivity index (χ0n) is 11.8. The maximum Gasteiger partial charge on any atom is 0.344 e. The van der Waals surface area contributed by atoms with E-state index in [0.717, 1.165) is 16.3 Å². The van der Waals surface area contributed by atoms with E-state index < -0.39 is 17.9 Å². The van der Waals surface area contributed by atoms with Gasteiger partial charge in [0.15, 0.2) is 6.61 Å². The van der Waals surface area contributed by atoms with Crippen LogP contribution in [0.4, 0.5) is 0 Å². The molecule has 2 rings (SSSR count). The third-order valence-electron chi connectivity index (χ3n) is 3.26. The largest absolute Gasteiger partial charge is 0.508 e. The van der Waals surface area contributed by atoms with Crippen molar-refractivity contribution in [1.82, 2.24) is 0 Å². The van der Waals surface area contributed by atoms with Crippen LogP contribution in [0.5, 0.6) is 5.75 Å². The number of benzene rings is 2. The SMILES string of the molecule is COC(=O)COC(=O)C(C)c1ccc2cc(O)ccc2c1. The van der Waals surface area contributed by atoms with Gasteiger partial charge >= 0.3 is 11.9 Å². The summed E-state index contributed by atoms with van der Waals surface area (Å²) in [6.07, 6.45) is 0. The molecule has 0 bridgehead atoms. The average molecular weight is 288 g/mol. The van der Waals surface area contributed by atoms with E-state index in [1.807, 2.05) is 12.1 Å². The van der Waals surface area contributed by atoms with E-state index in [2.05, 4.69) is 4.74 Å². The molecule has 0 aliphatic heterocycles. The smallest absolute Gasteiger partial charge is 0.344 e. The van der Waals surface area contributed by atoms with Crippen molar-refractivity contribution >= 4 is 22.7 Å². The molecule has 1 N–H and O–H groups in total. The fourth-order valence-corrected chi connectivity index (χ4v) is 1.97. The van der Waals surface area contributed by atoms with E-state index in [-0.39, 0.29) is 12.4 Å². The summed E-state index contributed by atoms with van der Waals surface area (Å²) in [7, 11) is 1.23. The number of phenolic OH excluding ortho intramolecular Hbond substituents is 1. The molecule has 0 heterocycles. The van der Waals surface area contributed by atoms with Crippen molar-refractivity contribution in [2.24, 2.45) is 0 Å². The molecule has 0 amide bonds. The molecule has 0 aliphatic carbocycles. The Morgan fingerprint density at radius 2 is 1.81 bits per heavy atom. The minimum absolute atomic E-state index is 0.195. The van der Waals surface area contributed by atoms with Crippen molar-refractivity contribution < 1.29 is 24.2 Å². The maximum atomic E-state index is 11.9. The number of carbonyl (C=O) groups excluding carboxylic acids is 2. The molecule has 1 unspecified atom stereocenters. The van der Waals surface area contributed by atoms with Gasteiger partial charge in [-0.05, 0) is 35.4 Å². The van der Waals surface area contributed by atoms with Gasteiger partial charge in [-0.15, -0.1) is 0 Å². The minimum Gasteiger partial charge on any atom is -0.508 e. The normalized spacial score (nSPS) is 11.9. The number of hydrogen-bond donors (Lipinski definition) is 1. The predicted molar refractivity (Wildman–Crippen MR) is 77.0 cm³/mol. The van der Waals surface area contributed by atoms with Gasteiger partial charge in [0.1, 0.15) is 5.75 Å². The van der Waals surface area contributed by atoms with E-state index >= 15 is 0 Å². The maximum absolute atomic E-state index is 11.9. The van der Waals surface area contributed by atoms with E-state index in [0.29, 0.717) is 0 Å². The quantitative estimate of drug-likeness (QED) is 0.874.